The van der Waals surface area contributed by atoms with Crippen molar-refractivity contribution in [2.24, 2.45) is 5.92 Å². The highest BCUT2D eigenvalue weighted by atomic mass is 32.1. The first-order chi connectivity index (χ1) is 16.6. The minimum atomic E-state index is -0.590. The molecule has 0 bridgehead atoms. The second kappa shape index (κ2) is 11.1. The molecule has 2 heterocycles. The molecule has 0 unspecified atom stereocenters. The molecule has 1 aliphatic rings. The van der Waals surface area contributed by atoms with E-state index in [0.717, 1.165) is 42.8 Å². The van der Waals surface area contributed by atoms with Gasteiger partial charge in [-0.3, -0.25) is 9.78 Å². The fourth-order valence-electron chi connectivity index (χ4n) is 3.95. The average molecular weight is 482 g/mol. The molecular weight excluding hydrogens is 454 g/mol. The number of rotatable bonds is 8. The number of aromatic nitrogens is 2. The van der Waals surface area contributed by atoms with Gasteiger partial charge in [0.25, 0.3) is 0 Å². The van der Waals surface area contributed by atoms with Crippen LogP contribution in [-0.4, -0.2) is 36.1 Å². The van der Waals surface area contributed by atoms with E-state index in [1.807, 2.05) is 23.6 Å². The highest BCUT2D eigenvalue weighted by molar-refractivity contribution is 7.13. The summed E-state index contributed by atoms with van der Waals surface area (Å²) in [4.78, 5) is 34.7. The van der Waals surface area contributed by atoms with Gasteiger partial charge < -0.3 is 19.5 Å². The SMILES string of the molecule is COc1cc(NC(=O)C2CCCCC2)c(C(=O)OCc2csc(-c3ccccn3)n2)cc1OC. The standard InChI is InChI=1S/C25H27N3O5S/c1-31-21-12-18(20(13-22(21)32-2)28-23(29)16-8-4-3-5-9-16)25(30)33-14-17-15-34-24(27-17)19-10-6-7-11-26-19/h6-7,10-13,15-16H,3-5,8-9,14H2,1-2H3,(H,28,29). The van der Waals surface area contributed by atoms with Gasteiger partial charge in [-0.05, 0) is 25.0 Å². The first kappa shape index (κ1) is 23.7. The molecule has 0 radical (unpaired) electrons. The summed E-state index contributed by atoms with van der Waals surface area (Å²) in [6, 6.07) is 8.73. The summed E-state index contributed by atoms with van der Waals surface area (Å²) in [5.41, 5.74) is 1.91. The Morgan fingerprint density at radius 1 is 1.09 bits per heavy atom. The van der Waals surface area contributed by atoms with E-state index in [2.05, 4.69) is 15.3 Å². The Kier molecular flexibility index (Phi) is 7.74. The molecule has 2 aromatic heterocycles. The van der Waals surface area contributed by atoms with Crippen LogP contribution in [0.25, 0.3) is 10.7 Å². The van der Waals surface area contributed by atoms with Gasteiger partial charge >= 0.3 is 5.97 Å². The Morgan fingerprint density at radius 3 is 2.56 bits per heavy atom. The number of methoxy groups -OCH3 is 2. The molecule has 34 heavy (non-hydrogen) atoms. The lowest BCUT2D eigenvalue weighted by atomic mass is 9.88. The molecule has 178 valence electrons. The van der Waals surface area contributed by atoms with Crippen LogP contribution >= 0.6 is 11.3 Å². The fraction of sp³-hybridized carbons (Fsp3) is 0.360. The molecule has 0 spiro atoms. The zero-order valence-corrected chi connectivity index (χ0v) is 20.0. The molecular formula is C25H27N3O5S. The Labute approximate surface area is 202 Å². The summed E-state index contributed by atoms with van der Waals surface area (Å²) in [6.07, 6.45) is 6.62. The van der Waals surface area contributed by atoms with Gasteiger partial charge in [-0.15, -0.1) is 11.3 Å². The van der Waals surface area contributed by atoms with Crippen molar-refractivity contribution in [3.05, 3.63) is 53.2 Å². The van der Waals surface area contributed by atoms with E-state index in [1.54, 1.807) is 12.3 Å². The van der Waals surface area contributed by atoms with Crippen LogP contribution in [0.3, 0.4) is 0 Å². The number of pyridine rings is 1. The molecule has 0 atom stereocenters. The van der Waals surface area contributed by atoms with E-state index in [1.165, 1.54) is 31.6 Å². The highest BCUT2D eigenvalue weighted by Gasteiger charge is 2.25. The number of thiazole rings is 1. The third-order valence-electron chi connectivity index (χ3n) is 5.76. The minimum absolute atomic E-state index is 0.00742. The molecule has 1 N–H and O–H groups in total. The second-order valence-electron chi connectivity index (χ2n) is 8.01. The lowest BCUT2D eigenvalue weighted by molar-refractivity contribution is -0.120. The van der Waals surface area contributed by atoms with E-state index in [4.69, 9.17) is 14.2 Å². The number of amides is 1. The zero-order chi connectivity index (χ0) is 23.9. The number of carbonyl (C=O) groups is 2. The topological polar surface area (TPSA) is 99.6 Å². The number of hydrogen-bond acceptors (Lipinski definition) is 8. The number of nitrogens with one attached hydrogen (secondary N) is 1. The fourth-order valence-corrected chi connectivity index (χ4v) is 4.73. The number of hydrogen-bond donors (Lipinski definition) is 1. The van der Waals surface area contributed by atoms with Gasteiger partial charge in [-0.25, -0.2) is 9.78 Å². The van der Waals surface area contributed by atoms with Crippen molar-refractivity contribution in [3.63, 3.8) is 0 Å². The lowest BCUT2D eigenvalue weighted by Crippen LogP contribution is -2.26. The quantitative estimate of drug-likeness (QED) is 0.447. The van der Waals surface area contributed by atoms with E-state index in [-0.39, 0.29) is 24.0 Å². The minimum Gasteiger partial charge on any atom is -0.493 e. The average Bonchev–Trinajstić information content (AvgIpc) is 3.37. The largest absolute Gasteiger partial charge is 0.493 e. The number of benzene rings is 1. The first-order valence-electron chi connectivity index (χ1n) is 11.2. The monoisotopic (exact) mass is 481 g/mol. The molecule has 1 aromatic carbocycles. The lowest BCUT2D eigenvalue weighted by Gasteiger charge is -2.22. The molecule has 1 aliphatic carbocycles. The Bertz CT molecular complexity index is 1140. The molecule has 1 amide bonds. The summed E-state index contributed by atoms with van der Waals surface area (Å²) in [6.45, 7) is -0.00742. The Balaban J connectivity index is 1.51. The Morgan fingerprint density at radius 2 is 1.85 bits per heavy atom. The van der Waals surface area contributed by atoms with E-state index >= 15 is 0 Å². The van der Waals surface area contributed by atoms with E-state index in [0.29, 0.717) is 22.9 Å². The molecule has 9 heteroatoms. The van der Waals surface area contributed by atoms with Crippen LogP contribution in [-0.2, 0) is 16.1 Å². The van der Waals surface area contributed by atoms with Crippen molar-refractivity contribution >= 4 is 28.9 Å². The molecule has 8 nitrogen and oxygen atoms in total. The van der Waals surface area contributed by atoms with Gasteiger partial charge in [0.1, 0.15) is 11.6 Å². The van der Waals surface area contributed by atoms with Crippen LogP contribution in [0.5, 0.6) is 11.5 Å². The maximum atomic E-state index is 13.0. The highest BCUT2D eigenvalue weighted by Crippen LogP contribution is 2.35. The predicted octanol–water partition coefficient (Wildman–Crippen LogP) is 5.10. The van der Waals surface area contributed by atoms with E-state index < -0.39 is 5.97 Å². The number of carbonyl (C=O) groups excluding carboxylic acids is 2. The maximum Gasteiger partial charge on any atom is 0.340 e. The van der Waals surface area contributed by atoms with Crippen LogP contribution in [0.4, 0.5) is 5.69 Å². The van der Waals surface area contributed by atoms with Gasteiger partial charge in [0.05, 0.1) is 36.9 Å². The summed E-state index contributed by atoms with van der Waals surface area (Å²) >= 11 is 1.43. The smallest absolute Gasteiger partial charge is 0.340 e. The Hall–Kier alpha value is -3.46. The van der Waals surface area contributed by atoms with Crippen LogP contribution in [0.1, 0.15) is 48.2 Å². The summed E-state index contributed by atoms with van der Waals surface area (Å²) in [5, 5.41) is 5.49. The van der Waals surface area contributed by atoms with Crippen molar-refractivity contribution < 1.29 is 23.8 Å². The summed E-state index contributed by atoms with van der Waals surface area (Å²) < 4.78 is 16.3. The molecule has 3 aromatic rings. The summed E-state index contributed by atoms with van der Waals surface area (Å²) in [7, 11) is 2.99. The van der Waals surface area contributed by atoms with Gasteiger partial charge in [-0.1, -0.05) is 25.3 Å². The van der Waals surface area contributed by atoms with Gasteiger partial charge in [-0.2, -0.15) is 0 Å². The van der Waals surface area contributed by atoms with E-state index in [9.17, 15) is 9.59 Å². The van der Waals surface area contributed by atoms with Crippen LogP contribution in [0.2, 0.25) is 0 Å². The van der Waals surface area contributed by atoms with Gasteiger partial charge in [0.15, 0.2) is 11.5 Å². The predicted molar refractivity (Wildman–Crippen MR) is 129 cm³/mol. The van der Waals surface area contributed by atoms with Gasteiger partial charge in [0, 0.05) is 29.6 Å². The van der Waals surface area contributed by atoms with Crippen molar-refractivity contribution in [1.29, 1.82) is 0 Å². The normalized spacial score (nSPS) is 13.8. The number of nitrogens with zero attached hydrogens (tertiary/aromatic N) is 2. The van der Waals surface area contributed by atoms with Gasteiger partial charge in [0.2, 0.25) is 5.91 Å². The summed E-state index contributed by atoms with van der Waals surface area (Å²) in [5.74, 6) is 0.0345. The third kappa shape index (κ3) is 5.53. The molecule has 0 saturated heterocycles. The van der Waals surface area contributed by atoms with Crippen molar-refractivity contribution in [3.8, 4) is 22.2 Å². The van der Waals surface area contributed by atoms with Crippen molar-refractivity contribution in [2.75, 3.05) is 19.5 Å². The van der Waals surface area contributed by atoms with Crippen molar-refractivity contribution in [1.82, 2.24) is 9.97 Å². The molecule has 1 saturated carbocycles. The second-order valence-corrected chi connectivity index (χ2v) is 8.87. The van der Waals surface area contributed by atoms with Crippen LogP contribution < -0.4 is 14.8 Å². The molecule has 1 fully saturated rings. The number of ether oxygens (including phenoxy) is 3. The van der Waals surface area contributed by atoms with Crippen LogP contribution in [0, 0.1) is 5.92 Å². The first-order valence-corrected chi connectivity index (χ1v) is 12.1. The van der Waals surface area contributed by atoms with Crippen molar-refractivity contribution in [2.45, 2.75) is 38.7 Å². The number of esters is 1. The maximum absolute atomic E-state index is 13.0. The number of anilines is 1. The third-order valence-corrected chi connectivity index (χ3v) is 6.68. The molecule has 0 aliphatic heterocycles. The zero-order valence-electron chi connectivity index (χ0n) is 19.2. The molecule has 4 rings (SSSR count). The van der Waals surface area contributed by atoms with Crippen LogP contribution in [0.15, 0.2) is 41.9 Å².